The summed E-state index contributed by atoms with van der Waals surface area (Å²) in [5.41, 5.74) is 0.746. The first-order chi connectivity index (χ1) is 11.5. The van der Waals surface area contributed by atoms with Gasteiger partial charge in [0.1, 0.15) is 34.9 Å². The molecule has 0 unspecified atom stereocenters. The zero-order valence-corrected chi connectivity index (χ0v) is 12.6. The van der Waals surface area contributed by atoms with Crippen LogP contribution in [-0.4, -0.2) is 9.97 Å². The Morgan fingerprint density at radius 2 is 1.38 bits per heavy atom. The zero-order chi connectivity index (χ0) is 17.1. The largest absolute Gasteiger partial charge is 0.340 e. The summed E-state index contributed by atoms with van der Waals surface area (Å²) in [6, 6.07) is 10.6. The van der Waals surface area contributed by atoms with Crippen molar-refractivity contribution in [3.8, 4) is 0 Å². The van der Waals surface area contributed by atoms with Crippen LogP contribution in [0.2, 0.25) is 0 Å². The molecule has 0 aliphatic carbocycles. The van der Waals surface area contributed by atoms with Gasteiger partial charge in [-0.1, -0.05) is 0 Å². The molecule has 7 heteroatoms. The maximum atomic E-state index is 13.7. The number of halogens is 3. The van der Waals surface area contributed by atoms with Crippen molar-refractivity contribution in [1.29, 1.82) is 0 Å². The van der Waals surface area contributed by atoms with E-state index < -0.39 is 11.6 Å². The zero-order valence-electron chi connectivity index (χ0n) is 12.6. The molecule has 2 N–H and O–H groups in total. The van der Waals surface area contributed by atoms with Crippen LogP contribution in [0.5, 0.6) is 0 Å². The second-order valence-electron chi connectivity index (χ2n) is 5.07. The van der Waals surface area contributed by atoms with Gasteiger partial charge >= 0.3 is 0 Å². The van der Waals surface area contributed by atoms with E-state index in [2.05, 4.69) is 20.6 Å². The number of benzene rings is 2. The summed E-state index contributed by atoms with van der Waals surface area (Å²) >= 11 is 0. The Bertz CT molecular complexity index is 866. The van der Waals surface area contributed by atoms with Gasteiger partial charge < -0.3 is 10.6 Å². The molecule has 0 bridgehead atoms. The molecule has 0 fully saturated rings. The molecule has 122 valence electrons. The van der Waals surface area contributed by atoms with Crippen LogP contribution >= 0.6 is 0 Å². The quantitative estimate of drug-likeness (QED) is 0.729. The molecular formula is C17H13F3N4. The third-order valence-electron chi connectivity index (χ3n) is 3.15. The summed E-state index contributed by atoms with van der Waals surface area (Å²) in [5.74, 6) is -0.465. The van der Waals surface area contributed by atoms with Gasteiger partial charge in [0.15, 0.2) is 0 Å². The van der Waals surface area contributed by atoms with Crippen LogP contribution < -0.4 is 10.6 Å². The smallest absolute Gasteiger partial charge is 0.149 e. The van der Waals surface area contributed by atoms with Gasteiger partial charge in [-0.2, -0.15) is 0 Å². The van der Waals surface area contributed by atoms with Crippen molar-refractivity contribution in [2.75, 3.05) is 10.6 Å². The Morgan fingerprint density at radius 3 is 2.04 bits per heavy atom. The van der Waals surface area contributed by atoms with Crippen LogP contribution in [0, 0.1) is 24.4 Å². The van der Waals surface area contributed by atoms with Crippen molar-refractivity contribution in [3.05, 3.63) is 71.8 Å². The molecule has 24 heavy (non-hydrogen) atoms. The third kappa shape index (κ3) is 3.81. The molecular weight excluding hydrogens is 317 g/mol. The Labute approximate surface area is 136 Å². The SMILES string of the molecule is Cc1nc(Nc2ccc(F)cc2)cc(Nc2ccc(F)cc2F)n1. The number of nitrogens with one attached hydrogen (secondary N) is 2. The number of aryl methyl sites for hydroxylation is 1. The number of nitrogens with zero attached hydrogens (tertiary/aromatic N) is 2. The normalized spacial score (nSPS) is 10.5. The minimum absolute atomic E-state index is 0.0993. The number of rotatable bonds is 4. The first kappa shape index (κ1) is 15.8. The number of hydrogen-bond donors (Lipinski definition) is 2. The molecule has 0 atom stereocenters. The van der Waals surface area contributed by atoms with E-state index in [9.17, 15) is 13.2 Å². The lowest BCUT2D eigenvalue weighted by atomic mass is 10.3. The highest BCUT2D eigenvalue weighted by atomic mass is 19.1. The summed E-state index contributed by atoms with van der Waals surface area (Å²) in [4.78, 5) is 8.39. The Kier molecular flexibility index (Phi) is 4.33. The highest BCUT2D eigenvalue weighted by Gasteiger charge is 2.07. The summed E-state index contributed by atoms with van der Waals surface area (Å²) in [5, 5.41) is 5.79. The van der Waals surface area contributed by atoms with Crippen molar-refractivity contribution in [2.24, 2.45) is 0 Å². The van der Waals surface area contributed by atoms with Crippen molar-refractivity contribution in [1.82, 2.24) is 9.97 Å². The second-order valence-corrected chi connectivity index (χ2v) is 5.07. The van der Waals surface area contributed by atoms with E-state index in [-0.39, 0.29) is 11.5 Å². The van der Waals surface area contributed by atoms with E-state index in [1.165, 1.54) is 18.2 Å². The minimum atomic E-state index is -0.723. The van der Waals surface area contributed by atoms with Crippen LogP contribution in [-0.2, 0) is 0 Å². The van der Waals surface area contributed by atoms with E-state index in [0.29, 0.717) is 23.1 Å². The van der Waals surface area contributed by atoms with E-state index in [1.807, 2.05) is 0 Å². The van der Waals surface area contributed by atoms with Gasteiger partial charge in [0.05, 0.1) is 5.69 Å². The molecule has 4 nitrogen and oxygen atoms in total. The summed E-state index contributed by atoms with van der Waals surface area (Å²) in [6.07, 6.45) is 0. The Morgan fingerprint density at radius 1 is 0.750 bits per heavy atom. The molecule has 0 saturated heterocycles. The second kappa shape index (κ2) is 6.57. The molecule has 0 radical (unpaired) electrons. The molecule has 0 saturated carbocycles. The molecule has 0 aliphatic heterocycles. The monoisotopic (exact) mass is 330 g/mol. The predicted molar refractivity (Wildman–Crippen MR) is 86.1 cm³/mol. The highest BCUT2D eigenvalue weighted by molar-refractivity contribution is 5.63. The lowest BCUT2D eigenvalue weighted by Gasteiger charge is -2.11. The van der Waals surface area contributed by atoms with Crippen LogP contribution in [0.25, 0.3) is 0 Å². The summed E-state index contributed by atoms with van der Waals surface area (Å²) in [7, 11) is 0. The van der Waals surface area contributed by atoms with Crippen molar-refractivity contribution >= 4 is 23.0 Å². The lowest BCUT2D eigenvalue weighted by Crippen LogP contribution is -2.02. The molecule has 1 aromatic heterocycles. The summed E-state index contributed by atoms with van der Waals surface area (Å²) < 4.78 is 39.6. The molecule has 0 spiro atoms. The van der Waals surface area contributed by atoms with Gasteiger partial charge in [0, 0.05) is 17.8 Å². The third-order valence-corrected chi connectivity index (χ3v) is 3.15. The molecule has 1 heterocycles. The fourth-order valence-corrected chi connectivity index (χ4v) is 2.11. The topological polar surface area (TPSA) is 49.8 Å². The van der Waals surface area contributed by atoms with Crippen molar-refractivity contribution in [2.45, 2.75) is 6.92 Å². The number of hydrogen-bond acceptors (Lipinski definition) is 4. The van der Waals surface area contributed by atoms with Crippen LogP contribution in [0.1, 0.15) is 5.82 Å². The maximum absolute atomic E-state index is 13.7. The first-order valence-electron chi connectivity index (χ1n) is 7.10. The van der Waals surface area contributed by atoms with E-state index >= 15 is 0 Å². The van der Waals surface area contributed by atoms with Crippen LogP contribution in [0.4, 0.5) is 36.2 Å². The number of anilines is 4. The van der Waals surface area contributed by atoms with E-state index in [1.54, 1.807) is 25.1 Å². The fourth-order valence-electron chi connectivity index (χ4n) is 2.11. The van der Waals surface area contributed by atoms with Gasteiger partial charge in [0.25, 0.3) is 0 Å². The molecule has 3 rings (SSSR count). The molecule has 0 aliphatic rings. The Hall–Kier alpha value is -3.09. The van der Waals surface area contributed by atoms with Crippen LogP contribution in [0.3, 0.4) is 0 Å². The Balaban J connectivity index is 1.84. The average molecular weight is 330 g/mol. The van der Waals surface area contributed by atoms with Crippen LogP contribution in [0.15, 0.2) is 48.5 Å². The van der Waals surface area contributed by atoms with Gasteiger partial charge in [-0.3, -0.25) is 0 Å². The van der Waals surface area contributed by atoms with Crippen molar-refractivity contribution < 1.29 is 13.2 Å². The predicted octanol–water partition coefficient (Wildman–Crippen LogP) is 4.69. The molecule has 3 aromatic rings. The fraction of sp³-hybridized carbons (Fsp3) is 0.0588. The molecule has 2 aromatic carbocycles. The van der Waals surface area contributed by atoms with Gasteiger partial charge in [-0.05, 0) is 43.3 Å². The van der Waals surface area contributed by atoms with Gasteiger partial charge in [-0.25, -0.2) is 23.1 Å². The van der Waals surface area contributed by atoms with Gasteiger partial charge in [-0.15, -0.1) is 0 Å². The maximum Gasteiger partial charge on any atom is 0.149 e. The highest BCUT2D eigenvalue weighted by Crippen LogP contribution is 2.22. The summed E-state index contributed by atoms with van der Waals surface area (Å²) in [6.45, 7) is 1.68. The molecule has 0 amide bonds. The van der Waals surface area contributed by atoms with E-state index in [4.69, 9.17) is 0 Å². The van der Waals surface area contributed by atoms with Crippen molar-refractivity contribution in [3.63, 3.8) is 0 Å². The lowest BCUT2D eigenvalue weighted by molar-refractivity contribution is 0.586. The number of aromatic nitrogens is 2. The average Bonchev–Trinajstić information content (AvgIpc) is 2.52. The minimum Gasteiger partial charge on any atom is -0.340 e. The standard InChI is InChI=1S/C17H13F3N4/c1-10-21-16(23-13-5-2-11(18)3-6-13)9-17(22-10)24-15-7-4-12(19)8-14(15)20/h2-9H,1H3,(H2,21,22,23,24). The first-order valence-corrected chi connectivity index (χ1v) is 7.10. The van der Waals surface area contributed by atoms with Gasteiger partial charge in [0.2, 0.25) is 0 Å². The van der Waals surface area contributed by atoms with E-state index in [0.717, 1.165) is 12.1 Å².